The third-order valence-corrected chi connectivity index (χ3v) is 6.64. The monoisotopic (exact) mass is 409 g/mol. The Hall–Kier alpha value is -2.73. The second-order valence-electron chi connectivity index (χ2n) is 8.43. The molecule has 0 unspecified atom stereocenters. The number of aromatic nitrogens is 1. The Morgan fingerprint density at radius 1 is 1.07 bits per heavy atom. The number of allylic oxidation sites excluding steroid dienone is 1. The Kier molecular flexibility index (Phi) is 5.36. The highest BCUT2D eigenvalue weighted by atomic mass is 16.5. The molecule has 160 valence electrons. The highest BCUT2D eigenvalue weighted by Crippen LogP contribution is 2.41. The smallest absolute Gasteiger partial charge is 0.253 e. The van der Waals surface area contributed by atoms with E-state index in [1.165, 1.54) is 11.4 Å². The van der Waals surface area contributed by atoms with Crippen molar-refractivity contribution in [2.45, 2.75) is 38.8 Å². The number of piperidine rings is 1. The van der Waals surface area contributed by atoms with Crippen LogP contribution in [0.3, 0.4) is 0 Å². The van der Waals surface area contributed by atoms with Crippen LogP contribution in [0.1, 0.15) is 41.5 Å². The molecule has 0 saturated carbocycles. The van der Waals surface area contributed by atoms with Gasteiger partial charge in [0, 0.05) is 43.1 Å². The molecule has 1 aromatic carbocycles. The minimum absolute atomic E-state index is 0.0141. The van der Waals surface area contributed by atoms with Gasteiger partial charge in [-0.2, -0.15) is 0 Å². The third-order valence-electron chi connectivity index (χ3n) is 6.64. The van der Waals surface area contributed by atoms with Gasteiger partial charge in [0.2, 0.25) is 0 Å². The van der Waals surface area contributed by atoms with Gasteiger partial charge in [-0.15, -0.1) is 0 Å². The molecule has 0 aliphatic carbocycles. The summed E-state index contributed by atoms with van der Waals surface area (Å²) in [5.41, 5.74) is 3.34. The predicted molar refractivity (Wildman–Crippen MR) is 117 cm³/mol. The van der Waals surface area contributed by atoms with Crippen LogP contribution in [0, 0.1) is 6.92 Å². The second-order valence-corrected chi connectivity index (χ2v) is 8.43. The number of methoxy groups -OCH3 is 1. The van der Waals surface area contributed by atoms with E-state index in [1.54, 1.807) is 32.2 Å². The molecule has 6 nitrogen and oxygen atoms in total. The average Bonchev–Trinajstić information content (AvgIpc) is 3.12. The van der Waals surface area contributed by atoms with E-state index >= 15 is 0 Å². The summed E-state index contributed by atoms with van der Waals surface area (Å²) in [6.45, 7) is 11.3. The van der Waals surface area contributed by atoms with Crippen molar-refractivity contribution in [2.75, 3.05) is 33.8 Å². The summed E-state index contributed by atoms with van der Waals surface area (Å²) in [7, 11) is 3.80. The summed E-state index contributed by atoms with van der Waals surface area (Å²) < 4.78 is 13.5. The first kappa shape index (κ1) is 20.5. The normalized spacial score (nSPS) is 18.2. The first-order chi connectivity index (χ1) is 14.4. The summed E-state index contributed by atoms with van der Waals surface area (Å²) in [5, 5.41) is 0. The number of likely N-dealkylation sites (tertiary alicyclic amines) is 1. The lowest BCUT2D eigenvalue weighted by molar-refractivity contribution is 0.0128. The molecule has 0 radical (unpaired) electrons. The summed E-state index contributed by atoms with van der Waals surface area (Å²) in [6.07, 6.45) is 1.87. The molecule has 2 aromatic rings. The molecule has 0 N–H and O–H groups in total. The molecule has 1 aromatic heterocycles. The lowest BCUT2D eigenvalue weighted by Gasteiger charge is -2.50. The van der Waals surface area contributed by atoms with Crippen LogP contribution in [-0.4, -0.2) is 54.1 Å². The summed E-state index contributed by atoms with van der Waals surface area (Å²) in [5.74, 6) is 1.72. The van der Waals surface area contributed by atoms with Gasteiger partial charge in [-0.25, -0.2) is 0 Å². The van der Waals surface area contributed by atoms with Crippen molar-refractivity contribution in [2.24, 2.45) is 0 Å². The number of ether oxygens (including phenoxy) is 2. The Labute approximate surface area is 178 Å². The maximum atomic E-state index is 13.2. The van der Waals surface area contributed by atoms with E-state index in [0.717, 1.165) is 39.0 Å². The van der Waals surface area contributed by atoms with Crippen LogP contribution < -0.4 is 9.47 Å². The van der Waals surface area contributed by atoms with Gasteiger partial charge in [0.05, 0.1) is 18.4 Å². The average molecular weight is 410 g/mol. The number of amides is 1. The molecule has 30 heavy (non-hydrogen) atoms. The Balaban J connectivity index is 1.52. The number of hydrogen-bond donors (Lipinski definition) is 0. The van der Waals surface area contributed by atoms with Gasteiger partial charge in [0.1, 0.15) is 0 Å². The number of benzene rings is 1. The van der Waals surface area contributed by atoms with Crippen LogP contribution in [0.15, 0.2) is 42.7 Å². The van der Waals surface area contributed by atoms with Gasteiger partial charge in [0.15, 0.2) is 11.5 Å². The minimum Gasteiger partial charge on any atom is -0.493 e. The standard InChI is InChI=1S/C24H31N3O3/c1-17(2)30-20-8-7-19(16-21(20)29-5)23(28)26-12-10-24(11-13-26)22-9-6-18(3)27(22)15-14-25(24)4/h6-9,16H,1,10-15H2,2-5H3. The number of fused-ring (bicyclic) bond motifs is 2. The lowest BCUT2D eigenvalue weighted by Crippen LogP contribution is -2.56. The first-order valence-electron chi connectivity index (χ1n) is 10.5. The fourth-order valence-electron chi connectivity index (χ4n) is 4.90. The van der Waals surface area contributed by atoms with E-state index in [9.17, 15) is 4.79 Å². The Morgan fingerprint density at radius 3 is 2.47 bits per heavy atom. The van der Waals surface area contributed by atoms with Crippen molar-refractivity contribution >= 4 is 5.91 Å². The van der Waals surface area contributed by atoms with E-state index in [4.69, 9.17) is 9.47 Å². The van der Waals surface area contributed by atoms with Crippen LogP contribution in [0.5, 0.6) is 11.5 Å². The Morgan fingerprint density at radius 2 is 1.80 bits per heavy atom. The molecule has 0 bridgehead atoms. The van der Waals surface area contributed by atoms with E-state index in [1.807, 2.05) is 4.90 Å². The van der Waals surface area contributed by atoms with E-state index < -0.39 is 0 Å². The maximum Gasteiger partial charge on any atom is 0.253 e. The van der Waals surface area contributed by atoms with Gasteiger partial charge in [-0.1, -0.05) is 6.58 Å². The zero-order valence-electron chi connectivity index (χ0n) is 18.4. The molecule has 2 aliphatic rings. The van der Waals surface area contributed by atoms with E-state index in [2.05, 4.69) is 42.2 Å². The van der Waals surface area contributed by atoms with Crippen molar-refractivity contribution in [1.82, 2.24) is 14.4 Å². The second kappa shape index (κ2) is 7.84. The lowest BCUT2D eigenvalue weighted by atomic mass is 9.81. The molecule has 4 rings (SSSR count). The highest BCUT2D eigenvalue weighted by Gasteiger charge is 2.44. The van der Waals surface area contributed by atoms with Crippen LogP contribution >= 0.6 is 0 Å². The van der Waals surface area contributed by atoms with Crippen LogP contribution in [0.4, 0.5) is 0 Å². The topological polar surface area (TPSA) is 46.9 Å². The number of likely N-dealkylation sites (N-methyl/N-ethyl adjacent to an activating group) is 1. The molecule has 1 saturated heterocycles. The zero-order chi connectivity index (χ0) is 21.5. The molecule has 2 aliphatic heterocycles. The third kappa shape index (κ3) is 3.39. The summed E-state index contributed by atoms with van der Waals surface area (Å²) >= 11 is 0. The highest BCUT2D eigenvalue weighted by molar-refractivity contribution is 5.95. The SMILES string of the molecule is C=C(C)Oc1ccc(C(=O)N2CCC3(CC2)c2ccc(C)n2CCN3C)cc1OC. The number of nitrogens with zero attached hydrogens (tertiary/aromatic N) is 3. The van der Waals surface area contributed by atoms with Crippen molar-refractivity contribution < 1.29 is 14.3 Å². The number of rotatable bonds is 4. The molecule has 1 spiro atoms. The molecule has 3 heterocycles. The van der Waals surface area contributed by atoms with Crippen molar-refractivity contribution in [3.63, 3.8) is 0 Å². The summed E-state index contributed by atoms with van der Waals surface area (Å²) in [4.78, 5) is 17.6. The van der Waals surface area contributed by atoms with Gasteiger partial charge < -0.3 is 18.9 Å². The first-order valence-corrected chi connectivity index (χ1v) is 10.5. The van der Waals surface area contributed by atoms with Crippen molar-refractivity contribution in [1.29, 1.82) is 0 Å². The van der Waals surface area contributed by atoms with E-state index in [-0.39, 0.29) is 11.4 Å². The fourth-order valence-corrected chi connectivity index (χ4v) is 4.90. The zero-order valence-corrected chi connectivity index (χ0v) is 18.4. The van der Waals surface area contributed by atoms with Gasteiger partial charge in [-0.3, -0.25) is 9.69 Å². The van der Waals surface area contributed by atoms with Crippen LogP contribution in [0.25, 0.3) is 0 Å². The molecular formula is C24H31N3O3. The van der Waals surface area contributed by atoms with Gasteiger partial charge >= 0.3 is 0 Å². The largest absolute Gasteiger partial charge is 0.493 e. The molecule has 0 atom stereocenters. The van der Waals surface area contributed by atoms with Crippen molar-refractivity contribution in [3.8, 4) is 11.5 Å². The molecular weight excluding hydrogens is 378 g/mol. The minimum atomic E-state index is 0.0141. The number of aryl methyl sites for hydroxylation is 1. The predicted octanol–water partition coefficient (Wildman–Crippen LogP) is 3.79. The molecule has 6 heteroatoms. The Bertz CT molecular complexity index is 970. The quantitative estimate of drug-likeness (QED) is 0.721. The molecule has 1 amide bonds. The van der Waals surface area contributed by atoms with Crippen molar-refractivity contribution in [3.05, 3.63) is 59.6 Å². The fraction of sp³-hybridized carbons (Fsp3) is 0.458. The number of carbonyl (C=O) groups is 1. The van der Waals surface area contributed by atoms with Gasteiger partial charge in [-0.05, 0) is 64.1 Å². The maximum absolute atomic E-state index is 13.2. The number of carbonyl (C=O) groups excluding carboxylic acids is 1. The van der Waals surface area contributed by atoms with Crippen LogP contribution in [0.2, 0.25) is 0 Å². The molecule has 1 fully saturated rings. The van der Waals surface area contributed by atoms with Gasteiger partial charge in [0.25, 0.3) is 5.91 Å². The number of hydrogen-bond acceptors (Lipinski definition) is 4. The summed E-state index contributed by atoms with van der Waals surface area (Å²) in [6, 6.07) is 9.82. The van der Waals surface area contributed by atoms with E-state index in [0.29, 0.717) is 22.8 Å². The van der Waals surface area contributed by atoms with Crippen LogP contribution in [-0.2, 0) is 12.1 Å².